The van der Waals surface area contributed by atoms with Crippen LogP contribution in [0.3, 0.4) is 0 Å². The van der Waals surface area contributed by atoms with Crippen molar-refractivity contribution in [3.63, 3.8) is 0 Å². The Morgan fingerprint density at radius 2 is 1.89 bits per heavy atom. The highest BCUT2D eigenvalue weighted by Crippen LogP contribution is 2.17. The quantitative estimate of drug-likeness (QED) is 0.809. The van der Waals surface area contributed by atoms with E-state index in [2.05, 4.69) is 4.74 Å². The van der Waals surface area contributed by atoms with Crippen LogP contribution >= 0.6 is 0 Å². The first-order chi connectivity index (χ1) is 8.38. The highest BCUT2D eigenvalue weighted by molar-refractivity contribution is 7.89. The van der Waals surface area contributed by atoms with Gasteiger partial charge in [0, 0.05) is 6.54 Å². The molecule has 1 N–H and O–H groups in total. The lowest BCUT2D eigenvalue weighted by molar-refractivity contribution is -0.140. The van der Waals surface area contributed by atoms with Crippen LogP contribution in [-0.4, -0.2) is 28.0 Å². The van der Waals surface area contributed by atoms with Crippen molar-refractivity contribution in [3.8, 4) is 0 Å². The zero-order chi connectivity index (χ0) is 13.8. The Morgan fingerprint density at radius 3 is 2.39 bits per heavy atom. The fourth-order valence-electron chi connectivity index (χ4n) is 1.20. The zero-order valence-electron chi connectivity index (χ0n) is 9.44. The molecule has 0 aliphatic heterocycles. The van der Waals surface area contributed by atoms with Gasteiger partial charge in [-0.2, -0.15) is 0 Å². The molecule has 0 saturated carbocycles. The first-order valence-electron chi connectivity index (χ1n) is 4.89. The van der Waals surface area contributed by atoms with Crippen molar-refractivity contribution in [2.24, 2.45) is 0 Å². The summed E-state index contributed by atoms with van der Waals surface area (Å²) in [5.41, 5.74) is 0. The maximum Gasteiger partial charge on any atom is 0.306 e. The van der Waals surface area contributed by atoms with Crippen molar-refractivity contribution in [2.45, 2.75) is 11.3 Å². The van der Waals surface area contributed by atoms with Crippen LogP contribution in [0.4, 0.5) is 8.78 Å². The van der Waals surface area contributed by atoms with Gasteiger partial charge in [-0.15, -0.1) is 0 Å². The van der Waals surface area contributed by atoms with E-state index in [1.807, 2.05) is 4.72 Å². The van der Waals surface area contributed by atoms with Crippen LogP contribution in [0.1, 0.15) is 6.42 Å². The van der Waals surface area contributed by atoms with Gasteiger partial charge in [0.2, 0.25) is 10.0 Å². The number of carbonyl (C=O) groups excluding carboxylic acids is 1. The number of rotatable bonds is 5. The van der Waals surface area contributed by atoms with Crippen LogP contribution in [0.25, 0.3) is 0 Å². The summed E-state index contributed by atoms with van der Waals surface area (Å²) in [6.07, 6.45) is -0.230. The first-order valence-corrected chi connectivity index (χ1v) is 6.37. The molecule has 100 valence electrons. The summed E-state index contributed by atoms with van der Waals surface area (Å²) in [6, 6.07) is 2.72. The number of ether oxygens (including phenoxy) is 1. The minimum atomic E-state index is -4.33. The fourth-order valence-corrected chi connectivity index (χ4v) is 2.37. The molecule has 0 saturated heterocycles. The number of hydrogen-bond acceptors (Lipinski definition) is 4. The summed E-state index contributed by atoms with van der Waals surface area (Å²) >= 11 is 0. The molecule has 0 fully saturated rings. The standard InChI is InChI=1S/C10H11F2NO4S/c1-17-9(14)5-6-13-18(15,16)10-7(11)3-2-4-8(10)12/h2-4,13H,5-6H2,1H3. The Morgan fingerprint density at radius 1 is 1.33 bits per heavy atom. The third-order valence-electron chi connectivity index (χ3n) is 2.04. The molecule has 8 heteroatoms. The van der Waals surface area contributed by atoms with Crippen molar-refractivity contribution in [1.82, 2.24) is 4.72 Å². The number of nitrogens with one attached hydrogen (secondary N) is 1. The number of halogens is 2. The van der Waals surface area contributed by atoms with E-state index in [4.69, 9.17) is 0 Å². The Kier molecular flexibility index (Phi) is 4.74. The van der Waals surface area contributed by atoms with Gasteiger partial charge < -0.3 is 4.74 Å². The number of methoxy groups -OCH3 is 1. The smallest absolute Gasteiger partial charge is 0.306 e. The second kappa shape index (κ2) is 5.87. The summed E-state index contributed by atoms with van der Waals surface area (Å²) in [7, 11) is -3.19. The number of hydrogen-bond donors (Lipinski definition) is 1. The lowest BCUT2D eigenvalue weighted by Gasteiger charge is -2.07. The van der Waals surface area contributed by atoms with Gasteiger partial charge in [-0.1, -0.05) is 6.07 Å². The van der Waals surface area contributed by atoms with Crippen LogP contribution in [0.5, 0.6) is 0 Å². The van der Waals surface area contributed by atoms with E-state index < -0.39 is 32.5 Å². The van der Waals surface area contributed by atoms with Crippen molar-refractivity contribution in [3.05, 3.63) is 29.8 Å². The third-order valence-corrected chi connectivity index (χ3v) is 3.55. The monoisotopic (exact) mass is 279 g/mol. The molecule has 0 unspecified atom stereocenters. The molecule has 0 atom stereocenters. The lowest BCUT2D eigenvalue weighted by atomic mass is 10.3. The van der Waals surface area contributed by atoms with E-state index in [0.717, 1.165) is 25.3 Å². The molecule has 0 aliphatic carbocycles. The molecule has 1 aromatic rings. The number of esters is 1. The van der Waals surface area contributed by atoms with Crippen LogP contribution in [0.2, 0.25) is 0 Å². The summed E-state index contributed by atoms with van der Waals surface area (Å²) in [5, 5.41) is 0. The van der Waals surface area contributed by atoms with Crippen LogP contribution in [0.15, 0.2) is 23.1 Å². The first kappa shape index (κ1) is 14.5. The summed E-state index contributed by atoms with van der Waals surface area (Å²) in [6.45, 7) is -0.303. The minimum Gasteiger partial charge on any atom is -0.469 e. The van der Waals surface area contributed by atoms with E-state index in [-0.39, 0.29) is 13.0 Å². The average molecular weight is 279 g/mol. The van der Waals surface area contributed by atoms with Crippen molar-refractivity contribution in [2.75, 3.05) is 13.7 Å². The SMILES string of the molecule is COC(=O)CCNS(=O)(=O)c1c(F)cccc1F. The molecule has 1 aromatic carbocycles. The number of sulfonamides is 1. The molecule has 0 aliphatic rings. The molecule has 0 amide bonds. The second-order valence-electron chi connectivity index (χ2n) is 3.27. The Balaban J connectivity index is 2.84. The van der Waals surface area contributed by atoms with Gasteiger partial charge in [0.15, 0.2) is 4.90 Å². The third kappa shape index (κ3) is 3.47. The second-order valence-corrected chi connectivity index (χ2v) is 4.98. The van der Waals surface area contributed by atoms with E-state index >= 15 is 0 Å². The molecule has 5 nitrogen and oxygen atoms in total. The van der Waals surface area contributed by atoms with Gasteiger partial charge in [-0.05, 0) is 12.1 Å². The van der Waals surface area contributed by atoms with E-state index in [1.54, 1.807) is 0 Å². The van der Waals surface area contributed by atoms with Gasteiger partial charge in [0.05, 0.1) is 13.5 Å². The predicted molar refractivity (Wildman–Crippen MR) is 58.2 cm³/mol. The molecule has 18 heavy (non-hydrogen) atoms. The van der Waals surface area contributed by atoms with Gasteiger partial charge in [0.1, 0.15) is 11.6 Å². The number of carbonyl (C=O) groups is 1. The molecule has 0 heterocycles. The van der Waals surface area contributed by atoms with E-state index in [1.165, 1.54) is 0 Å². The summed E-state index contributed by atoms with van der Waals surface area (Å²) < 4.78 is 55.9. The molecule has 0 aromatic heterocycles. The number of benzene rings is 1. The van der Waals surface area contributed by atoms with E-state index in [0.29, 0.717) is 0 Å². The van der Waals surface area contributed by atoms with Crippen molar-refractivity contribution in [1.29, 1.82) is 0 Å². The summed E-state index contributed by atoms with van der Waals surface area (Å²) in [4.78, 5) is 9.70. The lowest BCUT2D eigenvalue weighted by Crippen LogP contribution is -2.28. The topological polar surface area (TPSA) is 72.5 Å². The largest absolute Gasteiger partial charge is 0.469 e. The van der Waals surface area contributed by atoms with Gasteiger partial charge in [-0.3, -0.25) is 4.79 Å². The molecular formula is C10H11F2NO4S. The van der Waals surface area contributed by atoms with Gasteiger partial charge >= 0.3 is 5.97 Å². The highest BCUT2D eigenvalue weighted by atomic mass is 32.2. The Labute approximate surface area is 103 Å². The van der Waals surface area contributed by atoms with Crippen LogP contribution < -0.4 is 4.72 Å². The van der Waals surface area contributed by atoms with Gasteiger partial charge in [0.25, 0.3) is 0 Å². The van der Waals surface area contributed by atoms with E-state index in [9.17, 15) is 22.0 Å². The van der Waals surface area contributed by atoms with Crippen LogP contribution in [-0.2, 0) is 19.6 Å². The van der Waals surface area contributed by atoms with Gasteiger partial charge in [-0.25, -0.2) is 21.9 Å². The van der Waals surface area contributed by atoms with Crippen molar-refractivity contribution < 1.29 is 26.7 Å². The Bertz CT molecular complexity index is 525. The molecule has 0 spiro atoms. The zero-order valence-corrected chi connectivity index (χ0v) is 10.3. The average Bonchev–Trinajstić information content (AvgIpc) is 2.27. The molecular weight excluding hydrogens is 268 g/mol. The fraction of sp³-hybridized carbons (Fsp3) is 0.300. The Hall–Kier alpha value is -1.54. The molecule has 1 rings (SSSR count). The predicted octanol–water partition coefficient (Wildman–Crippen LogP) is 0.806. The normalized spacial score (nSPS) is 11.3. The van der Waals surface area contributed by atoms with Crippen LogP contribution in [0, 0.1) is 11.6 Å². The van der Waals surface area contributed by atoms with Crippen molar-refractivity contribution >= 4 is 16.0 Å². The maximum atomic E-state index is 13.2. The maximum absolute atomic E-state index is 13.2. The highest BCUT2D eigenvalue weighted by Gasteiger charge is 2.23. The summed E-state index contributed by atoms with van der Waals surface area (Å²) in [5.74, 6) is -3.02. The molecule has 0 radical (unpaired) electrons. The molecule has 0 bridgehead atoms. The minimum absolute atomic E-state index is 0.230.